The van der Waals surface area contributed by atoms with Crippen molar-refractivity contribution >= 4 is 21.7 Å². The van der Waals surface area contributed by atoms with E-state index in [1.807, 2.05) is 0 Å². The lowest BCUT2D eigenvalue weighted by atomic mass is 10.2. The highest BCUT2D eigenvalue weighted by Crippen LogP contribution is 2.09. The van der Waals surface area contributed by atoms with Crippen LogP contribution in [0.5, 0.6) is 0 Å². The molecule has 1 heterocycles. The van der Waals surface area contributed by atoms with Crippen LogP contribution in [0.2, 0.25) is 0 Å². The van der Waals surface area contributed by atoms with E-state index in [1.54, 1.807) is 6.92 Å². The summed E-state index contributed by atoms with van der Waals surface area (Å²) in [6, 6.07) is 6.55. The van der Waals surface area contributed by atoms with Crippen LogP contribution < -0.4 is 10.0 Å². The van der Waals surface area contributed by atoms with Crippen molar-refractivity contribution in [2.75, 3.05) is 17.0 Å². The van der Waals surface area contributed by atoms with Crippen molar-refractivity contribution in [3.8, 4) is 0 Å². The third-order valence-corrected chi connectivity index (χ3v) is 3.89. The maximum absolute atomic E-state index is 13.0. The summed E-state index contributed by atoms with van der Waals surface area (Å²) in [5.74, 6) is -0.888. The lowest BCUT2D eigenvalue weighted by molar-refractivity contribution is 0.0955. The molecule has 0 aliphatic rings. The molecular formula is C13H14FN3O4S. The molecule has 0 aliphatic heterocycles. The second kappa shape index (κ2) is 6.56. The van der Waals surface area contributed by atoms with Gasteiger partial charge < -0.3 is 9.84 Å². The van der Waals surface area contributed by atoms with E-state index in [0.29, 0.717) is 5.76 Å². The summed E-state index contributed by atoms with van der Waals surface area (Å²) >= 11 is 0. The molecule has 0 saturated heterocycles. The van der Waals surface area contributed by atoms with Gasteiger partial charge in [0.05, 0.1) is 5.75 Å². The minimum absolute atomic E-state index is 0.0777. The lowest BCUT2D eigenvalue weighted by Crippen LogP contribution is -2.31. The fraction of sp³-hybridized carbons (Fsp3) is 0.231. The van der Waals surface area contributed by atoms with Gasteiger partial charge in [0.2, 0.25) is 10.0 Å². The second-order valence-electron chi connectivity index (χ2n) is 4.51. The van der Waals surface area contributed by atoms with Gasteiger partial charge in [-0.25, -0.2) is 12.8 Å². The van der Waals surface area contributed by atoms with Gasteiger partial charge in [0.15, 0.2) is 5.82 Å². The summed E-state index contributed by atoms with van der Waals surface area (Å²) in [6.45, 7) is 1.51. The summed E-state index contributed by atoms with van der Waals surface area (Å²) in [5.41, 5.74) is 0.123. The van der Waals surface area contributed by atoms with Crippen molar-refractivity contribution in [2.45, 2.75) is 6.92 Å². The number of nitrogens with zero attached hydrogens (tertiary/aromatic N) is 1. The Balaban J connectivity index is 1.86. The van der Waals surface area contributed by atoms with Gasteiger partial charge in [-0.1, -0.05) is 11.2 Å². The third kappa shape index (κ3) is 4.55. The molecule has 0 spiro atoms. The maximum atomic E-state index is 13.0. The first-order valence-corrected chi connectivity index (χ1v) is 7.98. The number of nitrogens with one attached hydrogen (secondary N) is 2. The molecule has 2 rings (SSSR count). The molecule has 2 N–H and O–H groups in total. The van der Waals surface area contributed by atoms with Crippen LogP contribution in [0.25, 0.3) is 0 Å². The molecule has 1 aromatic heterocycles. The minimum Gasteiger partial charge on any atom is -0.360 e. The summed E-state index contributed by atoms with van der Waals surface area (Å²) in [7, 11) is -3.67. The van der Waals surface area contributed by atoms with Crippen LogP contribution in [0.15, 0.2) is 34.9 Å². The van der Waals surface area contributed by atoms with Crippen molar-refractivity contribution in [1.82, 2.24) is 10.5 Å². The number of hydrogen-bond acceptors (Lipinski definition) is 5. The Labute approximate surface area is 126 Å². The van der Waals surface area contributed by atoms with Crippen LogP contribution >= 0.6 is 0 Å². The highest BCUT2D eigenvalue weighted by atomic mass is 32.2. The van der Waals surface area contributed by atoms with Crippen LogP contribution in [0, 0.1) is 12.7 Å². The molecular weight excluding hydrogens is 313 g/mol. The highest BCUT2D eigenvalue weighted by molar-refractivity contribution is 7.92. The largest absolute Gasteiger partial charge is 0.360 e. The summed E-state index contributed by atoms with van der Waals surface area (Å²) < 4.78 is 43.5. The number of sulfonamides is 1. The van der Waals surface area contributed by atoms with Crippen LogP contribution in [-0.4, -0.2) is 31.8 Å². The lowest BCUT2D eigenvalue weighted by Gasteiger charge is -2.07. The van der Waals surface area contributed by atoms with Gasteiger partial charge in [-0.3, -0.25) is 9.52 Å². The van der Waals surface area contributed by atoms with E-state index in [0.717, 1.165) is 6.07 Å². The number of rotatable bonds is 6. The molecule has 0 radical (unpaired) electrons. The van der Waals surface area contributed by atoms with Crippen LogP contribution in [0.1, 0.15) is 16.1 Å². The van der Waals surface area contributed by atoms with E-state index < -0.39 is 21.7 Å². The van der Waals surface area contributed by atoms with E-state index in [4.69, 9.17) is 4.52 Å². The number of hydrogen-bond donors (Lipinski definition) is 2. The monoisotopic (exact) mass is 327 g/mol. The number of aryl methyl sites for hydroxylation is 1. The van der Waals surface area contributed by atoms with Gasteiger partial charge in [-0.05, 0) is 25.1 Å². The molecule has 1 aromatic carbocycles. The summed E-state index contributed by atoms with van der Waals surface area (Å²) in [5, 5.41) is 5.91. The zero-order valence-corrected chi connectivity index (χ0v) is 12.5. The molecule has 118 valence electrons. The Bertz CT molecular complexity index is 773. The number of halogens is 1. The average molecular weight is 327 g/mol. The topological polar surface area (TPSA) is 101 Å². The van der Waals surface area contributed by atoms with E-state index in [9.17, 15) is 17.6 Å². The van der Waals surface area contributed by atoms with Crippen molar-refractivity contribution in [1.29, 1.82) is 0 Å². The quantitative estimate of drug-likeness (QED) is 0.832. The molecule has 1 amide bonds. The molecule has 22 heavy (non-hydrogen) atoms. The average Bonchev–Trinajstić information content (AvgIpc) is 2.83. The minimum atomic E-state index is -3.67. The summed E-state index contributed by atoms with van der Waals surface area (Å²) in [4.78, 5) is 11.7. The molecule has 2 aromatic rings. The van der Waals surface area contributed by atoms with Crippen molar-refractivity contribution in [3.05, 3.63) is 47.5 Å². The number of aromatic nitrogens is 1. The van der Waals surface area contributed by atoms with E-state index in [-0.39, 0.29) is 23.7 Å². The predicted octanol–water partition coefficient (Wildman–Crippen LogP) is 1.29. The first-order valence-electron chi connectivity index (χ1n) is 6.33. The SMILES string of the molecule is Cc1cc(NS(=O)(=O)CCNC(=O)c2cccc(F)c2)no1. The molecule has 9 heteroatoms. The Morgan fingerprint density at radius 1 is 1.36 bits per heavy atom. The first kappa shape index (κ1) is 16.0. The second-order valence-corrected chi connectivity index (χ2v) is 6.35. The molecule has 0 unspecified atom stereocenters. The van der Waals surface area contributed by atoms with Crippen molar-refractivity contribution < 1.29 is 22.1 Å². The van der Waals surface area contributed by atoms with Gasteiger partial charge in [0, 0.05) is 18.2 Å². The zero-order valence-electron chi connectivity index (χ0n) is 11.7. The normalized spacial score (nSPS) is 11.2. The molecule has 0 aliphatic carbocycles. The standard InChI is InChI=1S/C13H14FN3O4S/c1-9-7-12(16-21-9)17-22(19,20)6-5-15-13(18)10-3-2-4-11(14)8-10/h2-4,7-8H,5-6H2,1H3,(H,15,18)(H,16,17). The first-order chi connectivity index (χ1) is 10.4. The van der Waals surface area contributed by atoms with Gasteiger partial charge >= 0.3 is 0 Å². The molecule has 0 atom stereocenters. The maximum Gasteiger partial charge on any atom is 0.251 e. The van der Waals surface area contributed by atoms with Gasteiger partial charge in [-0.2, -0.15) is 0 Å². The Hall–Kier alpha value is -2.42. The fourth-order valence-corrected chi connectivity index (χ4v) is 2.54. The van der Waals surface area contributed by atoms with Crippen LogP contribution in [0.3, 0.4) is 0 Å². The number of amides is 1. The number of carbonyl (C=O) groups excluding carboxylic acids is 1. The van der Waals surface area contributed by atoms with Gasteiger partial charge in [0.25, 0.3) is 5.91 Å². The highest BCUT2D eigenvalue weighted by Gasteiger charge is 2.14. The Morgan fingerprint density at radius 2 is 2.14 bits per heavy atom. The van der Waals surface area contributed by atoms with Crippen LogP contribution in [-0.2, 0) is 10.0 Å². The molecule has 0 bridgehead atoms. The van der Waals surface area contributed by atoms with E-state index >= 15 is 0 Å². The third-order valence-electron chi connectivity index (χ3n) is 2.63. The summed E-state index contributed by atoms with van der Waals surface area (Å²) in [6.07, 6.45) is 0. The zero-order chi connectivity index (χ0) is 16.2. The number of carbonyl (C=O) groups is 1. The molecule has 7 nitrogen and oxygen atoms in total. The van der Waals surface area contributed by atoms with Crippen molar-refractivity contribution in [3.63, 3.8) is 0 Å². The smallest absolute Gasteiger partial charge is 0.251 e. The van der Waals surface area contributed by atoms with E-state index in [1.165, 1.54) is 24.3 Å². The van der Waals surface area contributed by atoms with Gasteiger partial charge in [-0.15, -0.1) is 0 Å². The number of anilines is 1. The Morgan fingerprint density at radius 3 is 2.77 bits per heavy atom. The fourth-order valence-electron chi connectivity index (χ4n) is 1.66. The molecule has 0 fully saturated rings. The predicted molar refractivity (Wildman–Crippen MR) is 77.4 cm³/mol. The van der Waals surface area contributed by atoms with Gasteiger partial charge in [0.1, 0.15) is 11.6 Å². The molecule has 0 saturated carbocycles. The number of benzene rings is 1. The van der Waals surface area contributed by atoms with Crippen LogP contribution in [0.4, 0.5) is 10.2 Å². The van der Waals surface area contributed by atoms with Crippen molar-refractivity contribution in [2.24, 2.45) is 0 Å². The Kier molecular flexibility index (Phi) is 4.76. The van der Waals surface area contributed by atoms with E-state index in [2.05, 4.69) is 15.2 Å².